The molecule has 2 atom stereocenters. The highest BCUT2D eigenvalue weighted by Crippen LogP contribution is 2.38. The summed E-state index contributed by atoms with van der Waals surface area (Å²) >= 11 is 6.03. The first-order chi connectivity index (χ1) is 16.4. The second-order valence-corrected chi connectivity index (χ2v) is 9.34. The van der Waals surface area contributed by atoms with E-state index in [0.717, 1.165) is 47.4 Å². The van der Waals surface area contributed by atoms with Crippen molar-refractivity contribution in [1.29, 1.82) is 0 Å². The van der Waals surface area contributed by atoms with Crippen LogP contribution in [-0.2, 0) is 4.74 Å². The molecule has 1 fully saturated rings. The van der Waals surface area contributed by atoms with Crippen molar-refractivity contribution in [3.05, 3.63) is 75.8 Å². The third kappa shape index (κ3) is 4.33. The molecule has 5 rings (SSSR count). The van der Waals surface area contributed by atoms with Gasteiger partial charge in [-0.1, -0.05) is 35.0 Å². The zero-order valence-corrected chi connectivity index (χ0v) is 20.2. The molecule has 2 amide bonds. The summed E-state index contributed by atoms with van der Waals surface area (Å²) in [7, 11) is 0. The van der Waals surface area contributed by atoms with Gasteiger partial charge in [0, 0.05) is 22.9 Å². The van der Waals surface area contributed by atoms with Crippen LogP contribution in [0.2, 0.25) is 5.02 Å². The number of nitrogens with zero attached hydrogens (tertiary/aromatic N) is 3. The molecule has 2 aromatic carbocycles. The number of hydrogen-bond donors (Lipinski definition) is 1. The molecule has 1 aromatic heterocycles. The van der Waals surface area contributed by atoms with Gasteiger partial charge in [-0.3, -0.25) is 4.90 Å². The summed E-state index contributed by atoms with van der Waals surface area (Å²) in [4.78, 5) is 19.6. The average molecular weight is 479 g/mol. The van der Waals surface area contributed by atoms with E-state index in [2.05, 4.69) is 36.5 Å². The van der Waals surface area contributed by atoms with Crippen LogP contribution in [0.3, 0.4) is 0 Å². The van der Waals surface area contributed by atoms with Crippen molar-refractivity contribution in [3.63, 3.8) is 0 Å². The van der Waals surface area contributed by atoms with Gasteiger partial charge in [0.25, 0.3) is 5.89 Å². The predicted molar refractivity (Wildman–Crippen MR) is 130 cm³/mol. The fourth-order valence-corrected chi connectivity index (χ4v) is 4.64. The SMILES string of the molecule is CC1=C(c2nc(-c3ccc(Cl)cc3)no2)C(c2ccc(C)c(C)c2)NC(=O)N1CC1CCCO1. The average Bonchev–Trinajstić information content (AvgIpc) is 3.51. The summed E-state index contributed by atoms with van der Waals surface area (Å²) in [6, 6.07) is 12.9. The molecule has 8 heteroatoms. The van der Waals surface area contributed by atoms with Crippen molar-refractivity contribution in [2.45, 2.75) is 45.8 Å². The Morgan fingerprint density at radius 3 is 2.62 bits per heavy atom. The van der Waals surface area contributed by atoms with Gasteiger partial charge in [-0.15, -0.1) is 0 Å². The maximum Gasteiger partial charge on any atom is 0.322 e. The number of hydrogen-bond acceptors (Lipinski definition) is 5. The number of halogens is 1. The van der Waals surface area contributed by atoms with Crippen LogP contribution >= 0.6 is 11.6 Å². The van der Waals surface area contributed by atoms with E-state index >= 15 is 0 Å². The minimum Gasteiger partial charge on any atom is -0.376 e. The summed E-state index contributed by atoms with van der Waals surface area (Å²) in [5.41, 5.74) is 5.68. The number of nitrogens with one attached hydrogen (secondary N) is 1. The number of carbonyl (C=O) groups excluding carboxylic acids is 1. The lowest BCUT2D eigenvalue weighted by Gasteiger charge is -2.36. The highest BCUT2D eigenvalue weighted by molar-refractivity contribution is 6.30. The van der Waals surface area contributed by atoms with Crippen molar-refractivity contribution in [2.75, 3.05) is 13.2 Å². The van der Waals surface area contributed by atoms with Gasteiger partial charge in [-0.2, -0.15) is 4.98 Å². The van der Waals surface area contributed by atoms with E-state index < -0.39 is 6.04 Å². The molecule has 3 heterocycles. The Kier molecular flexibility index (Phi) is 6.15. The highest BCUT2D eigenvalue weighted by Gasteiger charge is 2.37. The number of aryl methyl sites for hydroxylation is 2. The number of rotatable bonds is 5. The number of amides is 2. The Morgan fingerprint density at radius 1 is 1.12 bits per heavy atom. The number of ether oxygens (including phenoxy) is 1. The van der Waals surface area contributed by atoms with E-state index in [0.29, 0.717) is 23.3 Å². The molecular formula is C26H27ClN4O3. The Labute approximate surface area is 203 Å². The molecule has 1 saturated heterocycles. The minimum absolute atomic E-state index is 0.0208. The van der Waals surface area contributed by atoms with E-state index in [4.69, 9.17) is 25.8 Å². The van der Waals surface area contributed by atoms with Crippen LogP contribution in [0.4, 0.5) is 4.79 Å². The van der Waals surface area contributed by atoms with Crippen molar-refractivity contribution in [2.24, 2.45) is 0 Å². The van der Waals surface area contributed by atoms with Gasteiger partial charge in [-0.05, 0) is 74.6 Å². The smallest absolute Gasteiger partial charge is 0.322 e. The topological polar surface area (TPSA) is 80.5 Å². The number of benzene rings is 2. The normalized spacial score (nSPS) is 20.7. The van der Waals surface area contributed by atoms with Crippen molar-refractivity contribution in [1.82, 2.24) is 20.4 Å². The number of allylic oxidation sites excluding steroid dienone is 1. The third-order valence-corrected chi connectivity index (χ3v) is 6.88. The van der Waals surface area contributed by atoms with Gasteiger partial charge in [-0.25, -0.2) is 4.79 Å². The fourth-order valence-electron chi connectivity index (χ4n) is 4.51. The highest BCUT2D eigenvalue weighted by atomic mass is 35.5. The van der Waals surface area contributed by atoms with Gasteiger partial charge in [0.2, 0.25) is 5.82 Å². The molecule has 3 aromatic rings. The van der Waals surface area contributed by atoms with Crippen molar-refractivity contribution < 1.29 is 14.1 Å². The molecule has 1 N–H and O–H groups in total. The second-order valence-electron chi connectivity index (χ2n) is 8.90. The summed E-state index contributed by atoms with van der Waals surface area (Å²) in [6.07, 6.45) is 1.97. The second kappa shape index (κ2) is 9.24. The Hall–Kier alpha value is -3.16. The molecule has 2 unspecified atom stereocenters. The summed E-state index contributed by atoms with van der Waals surface area (Å²) in [5.74, 6) is 0.844. The van der Waals surface area contributed by atoms with Crippen LogP contribution < -0.4 is 5.32 Å². The molecule has 2 aliphatic rings. The molecule has 0 bridgehead atoms. The maximum absolute atomic E-state index is 13.2. The van der Waals surface area contributed by atoms with E-state index in [1.54, 1.807) is 17.0 Å². The van der Waals surface area contributed by atoms with Crippen LogP contribution in [0.1, 0.15) is 48.4 Å². The van der Waals surface area contributed by atoms with Gasteiger partial charge in [0.1, 0.15) is 0 Å². The van der Waals surface area contributed by atoms with Crippen molar-refractivity contribution >= 4 is 23.2 Å². The molecule has 2 aliphatic heterocycles. The minimum atomic E-state index is -0.411. The summed E-state index contributed by atoms with van der Waals surface area (Å²) in [6.45, 7) is 7.28. The van der Waals surface area contributed by atoms with Crippen LogP contribution in [0.25, 0.3) is 17.0 Å². The first-order valence-electron chi connectivity index (χ1n) is 11.5. The van der Waals surface area contributed by atoms with E-state index in [1.807, 2.05) is 25.1 Å². The largest absolute Gasteiger partial charge is 0.376 e. The fraction of sp³-hybridized carbons (Fsp3) is 0.346. The lowest BCUT2D eigenvalue weighted by Crippen LogP contribution is -2.48. The first-order valence-corrected chi connectivity index (χ1v) is 11.9. The van der Waals surface area contributed by atoms with Gasteiger partial charge in [0.05, 0.1) is 24.3 Å². The lowest BCUT2D eigenvalue weighted by atomic mass is 9.92. The Balaban J connectivity index is 1.58. The van der Waals surface area contributed by atoms with Crippen LogP contribution in [0.5, 0.6) is 0 Å². The van der Waals surface area contributed by atoms with Crippen LogP contribution in [0, 0.1) is 13.8 Å². The van der Waals surface area contributed by atoms with Crippen molar-refractivity contribution in [3.8, 4) is 11.4 Å². The van der Waals surface area contributed by atoms with E-state index in [9.17, 15) is 4.79 Å². The maximum atomic E-state index is 13.2. The Bertz CT molecular complexity index is 1250. The first kappa shape index (κ1) is 22.6. The Morgan fingerprint density at radius 2 is 1.91 bits per heavy atom. The summed E-state index contributed by atoms with van der Waals surface area (Å²) in [5, 5.41) is 8.02. The molecule has 0 spiro atoms. The number of aromatic nitrogens is 2. The monoisotopic (exact) mass is 478 g/mol. The quantitative estimate of drug-likeness (QED) is 0.510. The van der Waals surface area contributed by atoms with E-state index in [-0.39, 0.29) is 12.1 Å². The molecule has 7 nitrogen and oxygen atoms in total. The zero-order chi connectivity index (χ0) is 23.8. The molecule has 34 heavy (non-hydrogen) atoms. The standard InChI is InChI=1S/C26H27ClN4O3/c1-15-6-7-19(13-16(15)2)23-22(17(3)31(26(32)28-23)14-21-5-4-12-33-21)25-29-24(30-34-25)18-8-10-20(27)11-9-18/h6-11,13,21,23H,4-5,12,14H2,1-3H3,(H,28,32). The van der Waals surface area contributed by atoms with Gasteiger partial charge >= 0.3 is 6.03 Å². The van der Waals surface area contributed by atoms with E-state index in [1.165, 1.54) is 5.56 Å². The predicted octanol–water partition coefficient (Wildman–Crippen LogP) is 5.68. The summed E-state index contributed by atoms with van der Waals surface area (Å²) < 4.78 is 11.6. The van der Waals surface area contributed by atoms with Gasteiger partial charge in [0.15, 0.2) is 0 Å². The molecule has 176 valence electrons. The lowest BCUT2D eigenvalue weighted by molar-refractivity contribution is 0.0877. The van der Waals surface area contributed by atoms with Crippen LogP contribution in [-0.4, -0.2) is 40.3 Å². The molecule has 0 aliphatic carbocycles. The van der Waals surface area contributed by atoms with Crippen LogP contribution in [0.15, 0.2) is 52.7 Å². The third-order valence-electron chi connectivity index (χ3n) is 6.63. The molecule has 0 radical (unpaired) electrons. The molecular weight excluding hydrogens is 452 g/mol. The molecule has 0 saturated carbocycles. The zero-order valence-electron chi connectivity index (χ0n) is 19.5. The number of urea groups is 1. The van der Waals surface area contributed by atoms with Gasteiger partial charge < -0.3 is 14.6 Å². The number of carbonyl (C=O) groups is 1.